The number of carbonyl (C=O) groups is 1. The summed E-state index contributed by atoms with van der Waals surface area (Å²) in [6.45, 7) is 3.33. The maximum atomic E-state index is 12.7. The normalized spacial score (nSPS) is 15.8. The highest BCUT2D eigenvalue weighted by Gasteiger charge is 2.29. The second-order valence-corrected chi connectivity index (χ2v) is 8.78. The molecule has 138 valence electrons. The Morgan fingerprint density at radius 3 is 2.23 bits per heavy atom. The van der Waals surface area contributed by atoms with Crippen LogP contribution in [0.25, 0.3) is 0 Å². The number of nitrogens with zero attached hydrogens (tertiary/aromatic N) is 2. The lowest BCUT2D eigenvalue weighted by Gasteiger charge is -2.34. The van der Waals surface area contributed by atoms with Crippen LogP contribution in [0.3, 0.4) is 0 Å². The van der Waals surface area contributed by atoms with Crippen molar-refractivity contribution in [2.45, 2.75) is 12.7 Å². The molecule has 3 rings (SSSR count). The van der Waals surface area contributed by atoms with E-state index in [1.54, 1.807) is 41.3 Å². The van der Waals surface area contributed by atoms with Crippen LogP contribution in [0.15, 0.2) is 48.5 Å². The van der Waals surface area contributed by atoms with Gasteiger partial charge >= 0.3 is 0 Å². The second-order valence-electron chi connectivity index (χ2n) is 6.40. The topological polar surface area (TPSA) is 57.7 Å². The molecule has 2 aromatic rings. The SMILES string of the molecule is Cc1ccc(C(=O)N2CCN(S(=O)(=O)Cc3ccccc3Cl)CC2)cc1. The van der Waals surface area contributed by atoms with Crippen LogP contribution < -0.4 is 0 Å². The van der Waals surface area contributed by atoms with Crippen LogP contribution in [0.5, 0.6) is 0 Å². The van der Waals surface area contributed by atoms with Crippen molar-refractivity contribution in [1.29, 1.82) is 0 Å². The zero-order valence-corrected chi connectivity index (χ0v) is 16.1. The van der Waals surface area contributed by atoms with Gasteiger partial charge in [-0.25, -0.2) is 8.42 Å². The van der Waals surface area contributed by atoms with Gasteiger partial charge in [0.15, 0.2) is 0 Å². The summed E-state index contributed by atoms with van der Waals surface area (Å²) >= 11 is 6.08. The van der Waals surface area contributed by atoms with E-state index in [9.17, 15) is 13.2 Å². The molecule has 1 aliphatic rings. The van der Waals surface area contributed by atoms with Gasteiger partial charge in [-0.1, -0.05) is 47.5 Å². The maximum absolute atomic E-state index is 12.7. The van der Waals surface area contributed by atoms with Crippen molar-refractivity contribution in [1.82, 2.24) is 9.21 Å². The molecule has 2 aromatic carbocycles. The zero-order chi connectivity index (χ0) is 18.7. The number of carbonyl (C=O) groups excluding carboxylic acids is 1. The van der Waals surface area contributed by atoms with Gasteiger partial charge in [0.05, 0.1) is 5.75 Å². The molecule has 0 spiro atoms. The summed E-state index contributed by atoms with van der Waals surface area (Å²) in [6.07, 6.45) is 0. The molecule has 7 heteroatoms. The van der Waals surface area contributed by atoms with Crippen molar-refractivity contribution in [3.8, 4) is 0 Å². The summed E-state index contributed by atoms with van der Waals surface area (Å²) < 4.78 is 26.7. The molecule has 0 radical (unpaired) electrons. The van der Waals surface area contributed by atoms with Crippen LogP contribution in [0.1, 0.15) is 21.5 Å². The Morgan fingerprint density at radius 2 is 1.62 bits per heavy atom. The fourth-order valence-electron chi connectivity index (χ4n) is 2.95. The molecule has 1 fully saturated rings. The van der Waals surface area contributed by atoms with Crippen molar-refractivity contribution in [3.05, 3.63) is 70.2 Å². The Hall–Kier alpha value is -1.89. The van der Waals surface area contributed by atoms with E-state index in [1.165, 1.54) is 4.31 Å². The molecule has 0 bridgehead atoms. The quantitative estimate of drug-likeness (QED) is 0.803. The molecule has 0 aliphatic carbocycles. The third kappa shape index (κ3) is 4.26. The maximum Gasteiger partial charge on any atom is 0.253 e. The minimum absolute atomic E-state index is 0.0619. The Kier molecular flexibility index (Phi) is 5.65. The first-order chi connectivity index (χ1) is 12.4. The van der Waals surface area contributed by atoms with Crippen molar-refractivity contribution in [2.75, 3.05) is 26.2 Å². The zero-order valence-electron chi connectivity index (χ0n) is 14.6. The van der Waals surface area contributed by atoms with Gasteiger partial charge < -0.3 is 4.90 Å². The standard InChI is InChI=1S/C19H21ClN2O3S/c1-15-6-8-16(9-7-15)19(23)21-10-12-22(13-11-21)26(24,25)14-17-4-2-3-5-18(17)20/h2-9H,10-14H2,1H3. The fourth-order valence-corrected chi connectivity index (χ4v) is 4.78. The molecule has 0 atom stereocenters. The molecular formula is C19H21ClN2O3S. The predicted octanol–water partition coefficient (Wildman–Crippen LogP) is 2.94. The third-order valence-electron chi connectivity index (χ3n) is 4.51. The van der Waals surface area contributed by atoms with Gasteiger partial charge in [-0.2, -0.15) is 4.31 Å². The van der Waals surface area contributed by atoms with E-state index in [-0.39, 0.29) is 11.7 Å². The average molecular weight is 393 g/mol. The first-order valence-electron chi connectivity index (χ1n) is 8.44. The summed E-state index contributed by atoms with van der Waals surface area (Å²) in [5, 5.41) is 0.448. The highest BCUT2D eigenvalue weighted by atomic mass is 35.5. The van der Waals surface area contributed by atoms with Crippen molar-refractivity contribution < 1.29 is 13.2 Å². The summed E-state index contributed by atoms with van der Waals surface area (Å²) in [7, 11) is -3.47. The molecule has 0 unspecified atom stereocenters. The van der Waals surface area contributed by atoms with Crippen molar-refractivity contribution in [2.24, 2.45) is 0 Å². The van der Waals surface area contributed by atoms with Gasteiger partial charge in [0.2, 0.25) is 10.0 Å². The number of hydrogen-bond acceptors (Lipinski definition) is 3. The first-order valence-corrected chi connectivity index (χ1v) is 10.4. The van der Waals surface area contributed by atoms with E-state index in [0.717, 1.165) is 5.56 Å². The van der Waals surface area contributed by atoms with Crippen LogP contribution >= 0.6 is 11.6 Å². The highest BCUT2D eigenvalue weighted by Crippen LogP contribution is 2.21. The summed E-state index contributed by atoms with van der Waals surface area (Å²) in [5.41, 5.74) is 2.31. The van der Waals surface area contributed by atoms with Crippen LogP contribution in [-0.2, 0) is 15.8 Å². The van der Waals surface area contributed by atoms with E-state index < -0.39 is 10.0 Å². The molecular weight excluding hydrogens is 372 g/mol. The monoisotopic (exact) mass is 392 g/mol. The molecule has 0 aromatic heterocycles. The molecule has 0 saturated carbocycles. The number of benzene rings is 2. The van der Waals surface area contributed by atoms with Gasteiger partial charge in [0.25, 0.3) is 5.91 Å². The molecule has 1 amide bonds. The lowest BCUT2D eigenvalue weighted by atomic mass is 10.1. The van der Waals surface area contributed by atoms with E-state index in [2.05, 4.69) is 0 Å². The molecule has 1 aliphatic heterocycles. The number of halogens is 1. The number of amides is 1. The first kappa shape index (κ1) is 18.9. The van der Waals surface area contributed by atoms with Gasteiger partial charge in [-0.3, -0.25) is 4.79 Å². The van der Waals surface area contributed by atoms with Gasteiger partial charge in [-0.15, -0.1) is 0 Å². The van der Waals surface area contributed by atoms with Crippen LogP contribution in [0.2, 0.25) is 5.02 Å². The number of rotatable bonds is 4. The van der Waals surface area contributed by atoms with Crippen LogP contribution in [-0.4, -0.2) is 49.7 Å². The lowest BCUT2D eigenvalue weighted by Crippen LogP contribution is -2.50. The molecule has 1 heterocycles. The van der Waals surface area contributed by atoms with Crippen molar-refractivity contribution in [3.63, 3.8) is 0 Å². The van der Waals surface area contributed by atoms with Gasteiger partial charge in [-0.05, 0) is 30.7 Å². The second kappa shape index (κ2) is 7.78. The Balaban J connectivity index is 1.63. The fraction of sp³-hybridized carbons (Fsp3) is 0.316. The average Bonchev–Trinajstić information content (AvgIpc) is 2.64. The van der Waals surface area contributed by atoms with Crippen LogP contribution in [0.4, 0.5) is 0 Å². The third-order valence-corrected chi connectivity index (χ3v) is 6.71. The lowest BCUT2D eigenvalue weighted by molar-refractivity contribution is 0.0698. The Labute approximate surface area is 159 Å². The number of sulfonamides is 1. The molecule has 0 N–H and O–H groups in total. The van der Waals surface area contributed by atoms with E-state index in [1.807, 2.05) is 19.1 Å². The van der Waals surface area contributed by atoms with Crippen LogP contribution in [0, 0.1) is 6.92 Å². The van der Waals surface area contributed by atoms with Crippen molar-refractivity contribution >= 4 is 27.5 Å². The van der Waals surface area contributed by atoms with Gasteiger partial charge in [0.1, 0.15) is 0 Å². The minimum Gasteiger partial charge on any atom is -0.336 e. The van der Waals surface area contributed by atoms with E-state index >= 15 is 0 Å². The number of hydrogen-bond donors (Lipinski definition) is 0. The summed E-state index contributed by atoms with van der Waals surface area (Å²) in [6, 6.07) is 14.4. The molecule has 26 heavy (non-hydrogen) atoms. The Morgan fingerprint density at radius 1 is 1.00 bits per heavy atom. The predicted molar refractivity (Wildman–Crippen MR) is 103 cm³/mol. The minimum atomic E-state index is -3.47. The highest BCUT2D eigenvalue weighted by molar-refractivity contribution is 7.88. The van der Waals surface area contributed by atoms with Gasteiger partial charge in [0, 0.05) is 36.8 Å². The number of aryl methyl sites for hydroxylation is 1. The molecule has 5 nitrogen and oxygen atoms in total. The van der Waals surface area contributed by atoms with E-state index in [0.29, 0.717) is 42.3 Å². The largest absolute Gasteiger partial charge is 0.336 e. The molecule has 1 saturated heterocycles. The summed E-state index contributed by atoms with van der Waals surface area (Å²) in [5.74, 6) is -0.188. The Bertz CT molecular complexity index is 889. The van der Waals surface area contributed by atoms with E-state index in [4.69, 9.17) is 11.6 Å². The summed E-state index contributed by atoms with van der Waals surface area (Å²) in [4.78, 5) is 14.2. The smallest absolute Gasteiger partial charge is 0.253 e. The number of piperazine rings is 1.